The zero-order chi connectivity index (χ0) is 12.4. The highest BCUT2D eigenvalue weighted by Gasteiger charge is 2.18. The van der Waals surface area contributed by atoms with Crippen LogP contribution in [0.15, 0.2) is 12.1 Å². The first-order valence-electron chi connectivity index (χ1n) is 6.41. The number of benzene rings is 1. The summed E-state index contributed by atoms with van der Waals surface area (Å²) in [7, 11) is 0. The number of hydrogen-bond acceptors (Lipinski definition) is 2. The number of Topliss-reactive ketones (excluding diaryl/α,β-unsaturated/α-hetero) is 1. The first kappa shape index (κ1) is 15.2. The van der Waals surface area contributed by atoms with Crippen molar-refractivity contribution < 1.29 is 4.79 Å². The Bertz CT molecular complexity index is 413. The molecule has 0 saturated carbocycles. The first-order valence-corrected chi connectivity index (χ1v) is 6.41. The second-order valence-electron chi connectivity index (χ2n) is 5.18. The van der Waals surface area contributed by atoms with E-state index in [0.717, 1.165) is 29.8 Å². The number of hydrogen-bond donors (Lipinski definition) is 0. The zero-order valence-electron chi connectivity index (χ0n) is 11.5. The van der Waals surface area contributed by atoms with Crippen LogP contribution in [0.2, 0.25) is 0 Å². The molecule has 1 aromatic carbocycles. The molecule has 0 aliphatic carbocycles. The van der Waals surface area contributed by atoms with Crippen molar-refractivity contribution in [3.63, 3.8) is 0 Å². The predicted octanol–water partition coefficient (Wildman–Crippen LogP) is 3.31. The Balaban J connectivity index is 0.00000162. The summed E-state index contributed by atoms with van der Waals surface area (Å²) in [5.74, 6) is 0.280. The van der Waals surface area contributed by atoms with E-state index in [9.17, 15) is 4.79 Å². The first-order chi connectivity index (χ1) is 8.08. The topological polar surface area (TPSA) is 20.3 Å². The van der Waals surface area contributed by atoms with E-state index in [-0.39, 0.29) is 18.2 Å². The van der Waals surface area contributed by atoms with Gasteiger partial charge < -0.3 is 0 Å². The van der Waals surface area contributed by atoms with Gasteiger partial charge in [-0.25, -0.2) is 0 Å². The van der Waals surface area contributed by atoms with Gasteiger partial charge in [0.05, 0.1) is 6.54 Å². The molecule has 2 rings (SSSR count). The lowest BCUT2D eigenvalue weighted by atomic mass is 9.96. The molecule has 100 valence electrons. The highest BCUT2D eigenvalue weighted by molar-refractivity contribution is 6.00. The van der Waals surface area contributed by atoms with Crippen molar-refractivity contribution in [3.05, 3.63) is 34.4 Å². The van der Waals surface area contributed by atoms with Gasteiger partial charge in [-0.1, -0.05) is 17.7 Å². The van der Waals surface area contributed by atoms with Crippen LogP contribution in [0.25, 0.3) is 0 Å². The molecule has 0 spiro atoms. The molecule has 1 aromatic rings. The summed E-state index contributed by atoms with van der Waals surface area (Å²) in [5, 5.41) is 0. The molecule has 0 aromatic heterocycles. The summed E-state index contributed by atoms with van der Waals surface area (Å²) in [5.41, 5.74) is 4.40. The van der Waals surface area contributed by atoms with Crippen LogP contribution in [0.1, 0.15) is 39.9 Å². The minimum absolute atomic E-state index is 0. The number of ketones is 1. The molecule has 0 atom stereocenters. The Morgan fingerprint density at radius 2 is 1.61 bits per heavy atom. The van der Waals surface area contributed by atoms with Gasteiger partial charge >= 0.3 is 0 Å². The number of carbonyl (C=O) groups is 1. The molecular weight excluding hydrogens is 246 g/mol. The summed E-state index contributed by atoms with van der Waals surface area (Å²) in [6, 6.07) is 4.20. The van der Waals surface area contributed by atoms with Crippen LogP contribution in [0, 0.1) is 20.8 Å². The molecule has 0 bridgehead atoms. The highest BCUT2D eigenvalue weighted by Crippen LogP contribution is 2.18. The van der Waals surface area contributed by atoms with E-state index in [1.165, 1.54) is 18.4 Å². The molecule has 2 nitrogen and oxygen atoms in total. The van der Waals surface area contributed by atoms with Crippen molar-refractivity contribution >= 4 is 18.2 Å². The number of likely N-dealkylation sites (tertiary alicyclic amines) is 1. The van der Waals surface area contributed by atoms with Gasteiger partial charge in [-0.15, -0.1) is 12.4 Å². The Kier molecular flexibility index (Phi) is 5.36. The maximum absolute atomic E-state index is 12.3. The number of aryl methyl sites for hydroxylation is 3. The van der Waals surface area contributed by atoms with Crippen molar-refractivity contribution in [2.45, 2.75) is 33.6 Å². The quantitative estimate of drug-likeness (QED) is 0.783. The molecule has 1 heterocycles. The van der Waals surface area contributed by atoms with E-state index in [4.69, 9.17) is 0 Å². The van der Waals surface area contributed by atoms with Gasteiger partial charge in [0.15, 0.2) is 5.78 Å². The lowest BCUT2D eigenvalue weighted by Crippen LogP contribution is -2.27. The predicted molar refractivity (Wildman–Crippen MR) is 77.9 cm³/mol. The van der Waals surface area contributed by atoms with Gasteiger partial charge in [-0.3, -0.25) is 9.69 Å². The van der Waals surface area contributed by atoms with Gasteiger partial charge in [0.1, 0.15) is 0 Å². The summed E-state index contributed by atoms with van der Waals surface area (Å²) in [6.07, 6.45) is 2.47. The van der Waals surface area contributed by atoms with Gasteiger partial charge in [-0.05, 0) is 57.8 Å². The van der Waals surface area contributed by atoms with Gasteiger partial charge in [0.2, 0.25) is 0 Å². The van der Waals surface area contributed by atoms with Crippen LogP contribution >= 0.6 is 12.4 Å². The second kappa shape index (κ2) is 6.35. The molecule has 0 radical (unpaired) electrons. The van der Waals surface area contributed by atoms with Gasteiger partial charge in [-0.2, -0.15) is 0 Å². The molecule has 1 saturated heterocycles. The average molecular weight is 268 g/mol. The number of halogens is 1. The zero-order valence-corrected chi connectivity index (χ0v) is 12.3. The Morgan fingerprint density at radius 3 is 2.11 bits per heavy atom. The molecule has 0 N–H and O–H groups in total. The Labute approximate surface area is 116 Å². The van der Waals surface area contributed by atoms with E-state index in [1.807, 2.05) is 13.8 Å². The lowest BCUT2D eigenvalue weighted by molar-refractivity contribution is 0.0944. The highest BCUT2D eigenvalue weighted by atomic mass is 35.5. The molecule has 18 heavy (non-hydrogen) atoms. The number of rotatable bonds is 3. The minimum Gasteiger partial charge on any atom is -0.296 e. The summed E-state index contributed by atoms with van der Waals surface area (Å²) in [4.78, 5) is 14.6. The third-order valence-corrected chi connectivity index (χ3v) is 3.52. The monoisotopic (exact) mass is 267 g/mol. The van der Waals surface area contributed by atoms with E-state index < -0.39 is 0 Å². The van der Waals surface area contributed by atoms with Crippen molar-refractivity contribution in [1.29, 1.82) is 0 Å². The molecule has 1 fully saturated rings. The Hall–Kier alpha value is -0.860. The van der Waals surface area contributed by atoms with E-state index in [2.05, 4.69) is 24.0 Å². The molecule has 1 aliphatic heterocycles. The fraction of sp³-hybridized carbons (Fsp3) is 0.533. The summed E-state index contributed by atoms with van der Waals surface area (Å²) < 4.78 is 0. The van der Waals surface area contributed by atoms with E-state index in [0.29, 0.717) is 6.54 Å². The number of carbonyl (C=O) groups excluding carboxylic acids is 1. The third-order valence-electron chi connectivity index (χ3n) is 3.52. The second-order valence-corrected chi connectivity index (χ2v) is 5.18. The maximum atomic E-state index is 12.3. The van der Waals surface area contributed by atoms with Crippen molar-refractivity contribution in [2.24, 2.45) is 0 Å². The fourth-order valence-corrected chi connectivity index (χ4v) is 2.84. The SMILES string of the molecule is Cc1cc(C)c(C(=O)CN2CCCC2)c(C)c1.Cl. The summed E-state index contributed by atoms with van der Waals surface area (Å²) in [6.45, 7) is 8.90. The normalized spacial score (nSPS) is 15.5. The minimum atomic E-state index is 0. The van der Waals surface area contributed by atoms with Crippen LogP contribution in [-0.2, 0) is 0 Å². The van der Waals surface area contributed by atoms with Crippen LogP contribution < -0.4 is 0 Å². The fourth-order valence-electron chi connectivity index (χ4n) is 2.84. The van der Waals surface area contributed by atoms with Crippen LogP contribution in [0.4, 0.5) is 0 Å². The smallest absolute Gasteiger partial charge is 0.177 e. The van der Waals surface area contributed by atoms with E-state index >= 15 is 0 Å². The van der Waals surface area contributed by atoms with Gasteiger partial charge in [0.25, 0.3) is 0 Å². The Morgan fingerprint density at radius 1 is 1.11 bits per heavy atom. The van der Waals surface area contributed by atoms with Crippen LogP contribution in [0.3, 0.4) is 0 Å². The average Bonchev–Trinajstić information content (AvgIpc) is 2.68. The molecule has 3 heteroatoms. The molecule has 0 amide bonds. The van der Waals surface area contributed by atoms with Crippen molar-refractivity contribution in [1.82, 2.24) is 4.90 Å². The third kappa shape index (κ3) is 3.33. The molecule has 0 unspecified atom stereocenters. The molecular formula is C15H22ClNO. The standard InChI is InChI=1S/C15H21NO.ClH/c1-11-8-12(2)15(13(3)9-11)14(17)10-16-6-4-5-7-16;/h8-9H,4-7,10H2,1-3H3;1H. The van der Waals surface area contributed by atoms with E-state index in [1.54, 1.807) is 0 Å². The van der Waals surface area contributed by atoms with Gasteiger partial charge in [0, 0.05) is 5.56 Å². The van der Waals surface area contributed by atoms with Crippen LogP contribution in [0.5, 0.6) is 0 Å². The lowest BCUT2D eigenvalue weighted by Gasteiger charge is -2.16. The largest absolute Gasteiger partial charge is 0.296 e. The summed E-state index contributed by atoms with van der Waals surface area (Å²) >= 11 is 0. The number of nitrogens with zero attached hydrogens (tertiary/aromatic N) is 1. The molecule has 1 aliphatic rings. The maximum Gasteiger partial charge on any atom is 0.177 e. The van der Waals surface area contributed by atoms with Crippen molar-refractivity contribution in [2.75, 3.05) is 19.6 Å². The van der Waals surface area contributed by atoms with Crippen LogP contribution in [-0.4, -0.2) is 30.3 Å². The van der Waals surface area contributed by atoms with Crippen molar-refractivity contribution in [3.8, 4) is 0 Å².